The molecular formula is C12H6F9N. The number of aromatic amines is 1. The van der Waals surface area contributed by atoms with Gasteiger partial charge in [-0.2, -0.15) is 39.5 Å². The van der Waals surface area contributed by atoms with Crippen LogP contribution in [-0.2, 0) is 5.92 Å². The van der Waals surface area contributed by atoms with Crippen LogP contribution in [0.15, 0.2) is 30.5 Å². The van der Waals surface area contributed by atoms with Crippen LogP contribution >= 0.6 is 0 Å². The second-order valence-electron chi connectivity index (χ2n) is 4.47. The number of benzene rings is 1. The monoisotopic (exact) mass is 335 g/mol. The third kappa shape index (κ3) is 2.03. The van der Waals surface area contributed by atoms with Crippen LogP contribution in [-0.4, -0.2) is 23.0 Å². The lowest BCUT2D eigenvalue weighted by Crippen LogP contribution is -2.59. The van der Waals surface area contributed by atoms with E-state index in [1.807, 2.05) is 0 Å². The third-order valence-corrected chi connectivity index (χ3v) is 3.07. The Morgan fingerprint density at radius 3 is 1.82 bits per heavy atom. The van der Waals surface area contributed by atoms with Crippen molar-refractivity contribution in [3.05, 3.63) is 36.0 Å². The van der Waals surface area contributed by atoms with Gasteiger partial charge in [0.25, 0.3) is 0 Å². The Morgan fingerprint density at radius 1 is 0.727 bits per heavy atom. The maximum Gasteiger partial charge on any atom is 0.460 e. The maximum atomic E-state index is 13.8. The van der Waals surface area contributed by atoms with Gasteiger partial charge in [0, 0.05) is 17.1 Å². The average molecular weight is 335 g/mol. The number of nitrogens with one attached hydrogen (secondary N) is 1. The fourth-order valence-corrected chi connectivity index (χ4v) is 1.88. The number of hydrogen-bond donors (Lipinski definition) is 1. The number of halogens is 9. The van der Waals surface area contributed by atoms with Crippen LogP contribution in [0.3, 0.4) is 0 Å². The summed E-state index contributed by atoms with van der Waals surface area (Å²) in [4.78, 5) is 2.12. The quantitative estimate of drug-likeness (QED) is 0.752. The van der Waals surface area contributed by atoms with Crippen LogP contribution in [0.25, 0.3) is 10.9 Å². The zero-order chi connectivity index (χ0) is 17.0. The number of rotatable bonds is 3. The predicted octanol–water partition coefficient (Wildman–Crippen LogP) is 5.09. The summed E-state index contributed by atoms with van der Waals surface area (Å²) in [5.41, 5.74) is -1.75. The molecule has 1 aromatic heterocycles. The van der Waals surface area contributed by atoms with Crippen molar-refractivity contribution >= 4 is 10.9 Å². The van der Waals surface area contributed by atoms with E-state index in [1.165, 1.54) is 12.1 Å². The third-order valence-electron chi connectivity index (χ3n) is 3.07. The number of fused-ring (bicyclic) bond motifs is 1. The summed E-state index contributed by atoms with van der Waals surface area (Å²) in [6.07, 6.45) is -6.54. The van der Waals surface area contributed by atoms with Crippen LogP contribution in [0.4, 0.5) is 39.5 Å². The first-order valence-electron chi connectivity index (χ1n) is 5.61. The SMILES string of the molecule is FC(F)(F)C(F)(F)C(F)(F)C(F)(F)c1c[nH]c2ccccc12. The molecule has 1 N–H and O–H groups in total. The summed E-state index contributed by atoms with van der Waals surface area (Å²) in [6, 6.07) is 4.56. The minimum absolute atomic E-state index is 0.108. The first kappa shape index (κ1) is 16.5. The molecule has 0 bridgehead atoms. The van der Waals surface area contributed by atoms with E-state index in [4.69, 9.17) is 0 Å². The molecule has 0 amide bonds. The molecule has 0 aliphatic rings. The molecule has 1 heterocycles. The summed E-state index contributed by atoms with van der Waals surface area (Å²) < 4.78 is 116. The molecule has 0 fully saturated rings. The van der Waals surface area contributed by atoms with E-state index in [-0.39, 0.29) is 11.7 Å². The standard InChI is InChI=1S/C12H6F9N/c13-9(14,10(15,16)11(17,18)12(19,20)21)7-5-22-8-4-2-1-3-6(7)8/h1-5,22H. The largest absolute Gasteiger partial charge is 0.460 e. The molecule has 0 unspecified atom stereocenters. The van der Waals surface area contributed by atoms with Gasteiger partial charge < -0.3 is 4.98 Å². The second-order valence-corrected chi connectivity index (χ2v) is 4.47. The van der Waals surface area contributed by atoms with Crippen LogP contribution in [0.5, 0.6) is 0 Å². The van der Waals surface area contributed by atoms with Crippen LogP contribution in [0.2, 0.25) is 0 Å². The molecule has 22 heavy (non-hydrogen) atoms. The Morgan fingerprint density at radius 2 is 1.27 bits per heavy atom. The summed E-state index contributed by atoms with van der Waals surface area (Å²) in [5.74, 6) is -19.3. The zero-order valence-corrected chi connectivity index (χ0v) is 10.3. The maximum absolute atomic E-state index is 13.8. The predicted molar refractivity (Wildman–Crippen MR) is 58.1 cm³/mol. The minimum atomic E-state index is -6.90. The van der Waals surface area contributed by atoms with Gasteiger partial charge in [0.15, 0.2) is 0 Å². The van der Waals surface area contributed by atoms with Gasteiger partial charge in [-0.05, 0) is 6.07 Å². The summed E-state index contributed by atoms with van der Waals surface area (Å²) in [6.45, 7) is 0. The second kappa shape index (κ2) is 4.56. The van der Waals surface area contributed by atoms with Crippen LogP contribution in [0.1, 0.15) is 5.56 Å². The highest BCUT2D eigenvalue weighted by Crippen LogP contribution is 2.57. The molecule has 0 atom stereocenters. The van der Waals surface area contributed by atoms with Crippen molar-refractivity contribution in [3.63, 3.8) is 0 Å². The van der Waals surface area contributed by atoms with Crippen molar-refractivity contribution in [1.82, 2.24) is 4.98 Å². The molecule has 0 spiro atoms. The van der Waals surface area contributed by atoms with Crippen molar-refractivity contribution in [2.45, 2.75) is 23.9 Å². The molecule has 0 aliphatic heterocycles. The van der Waals surface area contributed by atoms with Crippen molar-refractivity contribution in [3.8, 4) is 0 Å². The Balaban J connectivity index is 2.63. The Labute approximate surface area is 116 Å². The Hall–Kier alpha value is -1.87. The molecule has 2 aromatic rings. The fourth-order valence-electron chi connectivity index (χ4n) is 1.88. The van der Waals surface area contributed by atoms with Gasteiger partial charge in [0.05, 0.1) is 5.56 Å². The number of para-hydroxylation sites is 1. The van der Waals surface area contributed by atoms with E-state index < -0.39 is 34.9 Å². The minimum Gasteiger partial charge on any atom is -0.361 e. The van der Waals surface area contributed by atoms with Gasteiger partial charge in [-0.15, -0.1) is 0 Å². The van der Waals surface area contributed by atoms with Gasteiger partial charge in [0.1, 0.15) is 0 Å². The number of hydrogen-bond acceptors (Lipinski definition) is 0. The van der Waals surface area contributed by atoms with Gasteiger partial charge in [-0.1, -0.05) is 18.2 Å². The van der Waals surface area contributed by atoms with Crippen molar-refractivity contribution in [1.29, 1.82) is 0 Å². The van der Waals surface area contributed by atoms with Gasteiger partial charge >= 0.3 is 23.9 Å². The highest BCUT2D eigenvalue weighted by atomic mass is 19.4. The smallest absolute Gasteiger partial charge is 0.361 e. The molecule has 0 radical (unpaired) electrons. The fraction of sp³-hybridized carbons (Fsp3) is 0.333. The van der Waals surface area contributed by atoms with Gasteiger partial charge in [0.2, 0.25) is 0 Å². The van der Waals surface area contributed by atoms with Crippen LogP contribution in [0, 0.1) is 0 Å². The van der Waals surface area contributed by atoms with Gasteiger partial charge in [-0.25, -0.2) is 0 Å². The van der Waals surface area contributed by atoms with Crippen molar-refractivity contribution in [2.24, 2.45) is 0 Å². The number of alkyl halides is 9. The molecule has 0 aliphatic carbocycles. The average Bonchev–Trinajstić information content (AvgIpc) is 2.81. The number of H-pyrrole nitrogens is 1. The van der Waals surface area contributed by atoms with E-state index in [0.29, 0.717) is 0 Å². The highest BCUT2D eigenvalue weighted by Gasteiger charge is 2.82. The molecule has 2 rings (SSSR count). The number of aromatic nitrogens is 1. The first-order valence-corrected chi connectivity index (χ1v) is 5.61. The molecule has 1 nitrogen and oxygen atoms in total. The van der Waals surface area contributed by atoms with Gasteiger partial charge in [-0.3, -0.25) is 0 Å². The summed E-state index contributed by atoms with van der Waals surface area (Å²) in [5, 5.41) is -0.579. The van der Waals surface area contributed by atoms with E-state index in [2.05, 4.69) is 4.98 Å². The lowest BCUT2D eigenvalue weighted by atomic mass is 9.96. The molecule has 122 valence electrons. The first-order chi connectivity index (χ1) is 9.84. The Bertz CT molecular complexity index is 683. The summed E-state index contributed by atoms with van der Waals surface area (Å²) >= 11 is 0. The van der Waals surface area contributed by atoms with Crippen molar-refractivity contribution < 1.29 is 39.5 Å². The molecule has 0 saturated heterocycles. The molecule has 10 heteroatoms. The van der Waals surface area contributed by atoms with E-state index >= 15 is 0 Å². The molecule has 1 aromatic carbocycles. The molecular weight excluding hydrogens is 329 g/mol. The topological polar surface area (TPSA) is 15.8 Å². The summed E-state index contributed by atoms with van der Waals surface area (Å²) in [7, 11) is 0. The lowest BCUT2D eigenvalue weighted by Gasteiger charge is -2.33. The van der Waals surface area contributed by atoms with E-state index in [1.54, 1.807) is 0 Å². The van der Waals surface area contributed by atoms with Crippen LogP contribution < -0.4 is 0 Å². The lowest BCUT2D eigenvalue weighted by molar-refractivity contribution is -0.399. The van der Waals surface area contributed by atoms with Crippen molar-refractivity contribution in [2.75, 3.05) is 0 Å². The van der Waals surface area contributed by atoms with E-state index in [0.717, 1.165) is 12.1 Å². The zero-order valence-electron chi connectivity index (χ0n) is 10.3. The van der Waals surface area contributed by atoms with E-state index in [9.17, 15) is 39.5 Å². The normalized spacial score (nSPS) is 14.6. The molecule has 0 saturated carbocycles. The Kier molecular flexibility index (Phi) is 3.42. The highest BCUT2D eigenvalue weighted by molar-refractivity contribution is 5.84.